The highest BCUT2D eigenvalue weighted by atomic mass is 16.6. The first-order chi connectivity index (χ1) is 17.2. The van der Waals surface area contributed by atoms with Crippen molar-refractivity contribution in [2.75, 3.05) is 0 Å². The molecule has 0 bridgehead atoms. The topological polar surface area (TPSA) is 81.7 Å². The van der Waals surface area contributed by atoms with Gasteiger partial charge in [0.1, 0.15) is 11.2 Å². The molecule has 2 aromatic rings. The third kappa shape index (κ3) is 7.19. The lowest BCUT2D eigenvalue weighted by atomic mass is 9.78. The second kappa shape index (κ2) is 10.8. The van der Waals surface area contributed by atoms with Crippen LogP contribution < -0.4 is 5.32 Å². The summed E-state index contributed by atoms with van der Waals surface area (Å²) in [5, 5.41) is 2.91. The molecule has 0 aromatic heterocycles. The fourth-order valence-corrected chi connectivity index (χ4v) is 4.24. The molecule has 2 aromatic carbocycles. The van der Waals surface area contributed by atoms with E-state index in [0.29, 0.717) is 5.57 Å². The van der Waals surface area contributed by atoms with Crippen LogP contribution in [0.4, 0.5) is 0 Å². The monoisotopic (exact) mass is 503 g/mol. The summed E-state index contributed by atoms with van der Waals surface area (Å²) >= 11 is 0. The Morgan fingerprint density at radius 3 is 1.73 bits per heavy atom. The van der Waals surface area contributed by atoms with Crippen molar-refractivity contribution < 1.29 is 23.9 Å². The second-order valence-corrected chi connectivity index (χ2v) is 11.3. The van der Waals surface area contributed by atoms with Crippen molar-refractivity contribution in [3.05, 3.63) is 77.4 Å². The van der Waals surface area contributed by atoms with E-state index in [0.717, 1.165) is 16.7 Å². The minimum atomic E-state index is -0.775. The van der Waals surface area contributed by atoms with E-state index in [1.54, 1.807) is 48.5 Å². The van der Waals surface area contributed by atoms with Crippen molar-refractivity contribution in [2.45, 2.75) is 72.6 Å². The molecule has 1 aliphatic carbocycles. The number of rotatable bonds is 5. The van der Waals surface area contributed by atoms with Gasteiger partial charge < -0.3 is 14.8 Å². The summed E-state index contributed by atoms with van der Waals surface area (Å²) in [6, 6.07) is 17.2. The van der Waals surface area contributed by atoms with E-state index < -0.39 is 35.1 Å². The molecule has 0 spiro atoms. The molecule has 1 amide bonds. The zero-order valence-corrected chi connectivity index (χ0v) is 23.0. The van der Waals surface area contributed by atoms with Crippen LogP contribution in [0, 0.1) is 5.92 Å². The van der Waals surface area contributed by atoms with Gasteiger partial charge in [-0.1, -0.05) is 67.6 Å². The molecule has 0 radical (unpaired) electrons. The summed E-state index contributed by atoms with van der Waals surface area (Å²) in [6.07, 6.45) is 1.83. The molecule has 0 saturated heterocycles. The Morgan fingerprint density at radius 2 is 1.22 bits per heavy atom. The maximum absolute atomic E-state index is 13.6. The molecule has 0 aliphatic heterocycles. The smallest absolute Gasteiger partial charge is 0.339 e. The van der Waals surface area contributed by atoms with E-state index in [4.69, 9.17) is 9.47 Å². The molecule has 0 heterocycles. The Kier molecular flexibility index (Phi) is 8.11. The summed E-state index contributed by atoms with van der Waals surface area (Å²) in [5.74, 6) is -1.98. The highest BCUT2D eigenvalue weighted by Crippen LogP contribution is 2.39. The molecule has 37 heavy (non-hydrogen) atoms. The number of nitrogens with one attached hydrogen (secondary N) is 1. The van der Waals surface area contributed by atoms with Crippen LogP contribution in [-0.2, 0) is 23.9 Å². The van der Waals surface area contributed by atoms with Gasteiger partial charge in [0.05, 0.1) is 17.2 Å². The number of hydrogen-bond acceptors (Lipinski definition) is 5. The number of ether oxygens (including phenoxy) is 2. The number of esters is 2. The molecular weight excluding hydrogens is 466 g/mol. The molecule has 2 atom stereocenters. The van der Waals surface area contributed by atoms with Gasteiger partial charge in [-0.3, -0.25) is 4.79 Å². The van der Waals surface area contributed by atoms with Crippen LogP contribution in [0.1, 0.15) is 61.0 Å². The Morgan fingerprint density at radius 1 is 0.730 bits per heavy atom. The third-order valence-corrected chi connectivity index (χ3v) is 5.77. The van der Waals surface area contributed by atoms with Crippen molar-refractivity contribution in [2.24, 2.45) is 5.92 Å². The fraction of sp³-hybridized carbons (Fsp3) is 0.387. The second-order valence-electron chi connectivity index (χ2n) is 11.3. The lowest BCUT2D eigenvalue weighted by Crippen LogP contribution is -2.43. The lowest BCUT2D eigenvalue weighted by Gasteiger charge is -2.33. The maximum Gasteiger partial charge on any atom is 0.339 e. The van der Waals surface area contributed by atoms with Crippen LogP contribution in [0.25, 0.3) is 16.7 Å². The number of carbonyl (C=O) groups is 3. The normalized spacial score (nSPS) is 18.1. The standard InChI is InChI=1S/C31H37NO5/c1-19-25(32-20(2)33)18-24(23-16-14-22(15-17-23)21-12-10-9-11-13-21)27(29(35)37-31(6,7)8)26(19)28(34)36-30(3,4)5/h9-19,25H,1-8H3,(H,32,33)/t19-,25-/m0/s1. The van der Waals surface area contributed by atoms with E-state index in [1.165, 1.54) is 6.92 Å². The summed E-state index contributed by atoms with van der Waals surface area (Å²) in [4.78, 5) is 39.2. The van der Waals surface area contributed by atoms with Gasteiger partial charge in [-0.25, -0.2) is 9.59 Å². The zero-order chi connectivity index (χ0) is 27.5. The van der Waals surface area contributed by atoms with Crippen LogP contribution in [-0.4, -0.2) is 35.1 Å². The van der Waals surface area contributed by atoms with Gasteiger partial charge in [-0.2, -0.15) is 0 Å². The first-order valence-corrected chi connectivity index (χ1v) is 12.5. The molecule has 1 N–H and O–H groups in total. The fourth-order valence-electron chi connectivity index (χ4n) is 4.24. The molecule has 6 nitrogen and oxygen atoms in total. The van der Waals surface area contributed by atoms with Crippen LogP contribution in [0.15, 0.2) is 71.8 Å². The van der Waals surface area contributed by atoms with E-state index in [-0.39, 0.29) is 17.1 Å². The van der Waals surface area contributed by atoms with Crippen LogP contribution in [0.2, 0.25) is 0 Å². The zero-order valence-electron chi connectivity index (χ0n) is 23.0. The van der Waals surface area contributed by atoms with Crippen molar-refractivity contribution in [3.8, 4) is 11.1 Å². The Bertz CT molecular complexity index is 1230. The average Bonchev–Trinajstić information content (AvgIpc) is 2.78. The molecule has 1 aliphatic rings. The Labute approximate surface area is 219 Å². The van der Waals surface area contributed by atoms with Gasteiger partial charge in [0, 0.05) is 12.8 Å². The highest BCUT2D eigenvalue weighted by Gasteiger charge is 2.40. The Hall–Kier alpha value is -3.67. The first kappa shape index (κ1) is 27.9. The SMILES string of the molecule is CC(=O)N[C@H]1C=C(c2ccc(-c3ccccc3)cc2)C(C(=O)OC(C)(C)C)=C(C(=O)OC(C)(C)C)[C@H]1C. The molecule has 6 heteroatoms. The summed E-state index contributed by atoms with van der Waals surface area (Å²) < 4.78 is 11.5. The van der Waals surface area contributed by atoms with Crippen molar-refractivity contribution in [1.29, 1.82) is 0 Å². The lowest BCUT2D eigenvalue weighted by molar-refractivity contribution is -0.153. The first-order valence-electron chi connectivity index (χ1n) is 12.5. The van der Waals surface area contributed by atoms with E-state index in [9.17, 15) is 14.4 Å². The highest BCUT2D eigenvalue weighted by molar-refractivity contribution is 6.14. The molecule has 3 rings (SSSR count). The number of carbonyl (C=O) groups excluding carboxylic acids is 3. The predicted octanol–water partition coefficient (Wildman–Crippen LogP) is 5.87. The molecular formula is C31H37NO5. The van der Waals surface area contributed by atoms with E-state index >= 15 is 0 Å². The van der Waals surface area contributed by atoms with Crippen molar-refractivity contribution in [3.63, 3.8) is 0 Å². The van der Waals surface area contributed by atoms with E-state index in [2.05, 4.69) is 5.32 Å². The van der Waals surface area contributed by atoms with Gasteiger partial charge in [0.25, 0.3) is 0 Å². The van der Waals surface area contributed by atoms with Crippen LogP contribution in [0.3, 0.4) is 0 Å². The third-order valence-electron chi connectivity index (χ3n) is 5.77. The van der Waals surface area contributed by atoms with Gasteiger partial charge in [-0.15, -0.1) is 0 Å². The summed E-state index contributed by atoms with van der Waals surface area (Å²) in [7, 11) is 0. The van der Waals surface area contributed by atoms with Crippen molar-refractivity contribution >= 4 is 23.4 Å². The maximum atomic E-state index is 13.6. The van der Waals surface area contributed by atoms with Crippen molar-refractivity contribution in [1.82, 2.24) is 5.32 Å². The summed E-state index contributed by atoms with van der Waals surface area (Å²) in [5.41, 5.74) is 2.12. The van der Waals surface area contributed by atoms with E-state index in [1.807, 2.05) is 60.7 Å². The average molecular weight is 504 g/mol. The van der Waals surface area contributed by atoms with Gasteiger partial charge >= 0.3 is 11.9 Å². The Balaban J connectivity index is 2.21. The van der Waals surface area contributed by atoms with Crippen LogP contribution in [0.5, 0.6) is 0 Å². The van der Waals surface area contributed by atoms with Gasteiger partial charge in [0.2, 0.25) is 5.91 Å². The molecule has 196 valence electrons. The quantitative estimate of drug-likeness (QED) is 0.516. The minimum Gasteiger partial charge on any atom is -0.457 e. The summed E-state index contributed by atoms with van der Waals surface area (Å²) in [6.45, 7) is 13.9. The number of amides is 1. The molecule has 0 saturated carbocycles. The molecule has 0 unspecified atom stereocenters. The largest absolute Gasteiger partial charge is 0.457 e. The van der Waals surface area contributed by atoms with Gasteiger partial charge in [-0.05, 0) is 63.8 Å². The number of benzene rings is 2. The number of hydrogen-bond donors (Lipinski definition) is 1. The molecule has 0 fully saturated rings. The predicted molar refractivity (Wildman–Crippen MR) is 145 cm³/mol. The minimum absolute atomic E-state index is 0.158. The van der Waals surface area contributed by atoms with Gasteiger partial charge in [0.15, 0.2) is 0 Å². The van der Waals surface area contributed by atoms with Crippen LogP contribution >= 0.6 is 0 Å².